The highest BCUT2D eigenvalue weighted by atomic mass is 35.5. The van der Waals surface area contributed by atoms with Gasteiger partial charge in [0.1, 0.15) is 16.5 Å². The van der Waals surface area contributed by atoms with E-state index in [4.69, 9.17) is 21.1 Å². The first-order valence-electron chi connectivity index (χ1n) is 5.69. The van der Waals surface area contributed by atoms with E-state index in [1.807, 2.05) is 0 Å². The number of methoxy groups -OCH3 is 2. The summed E-state index contributed by atoms with van der Waals surface area (Å²) >= 11 is 6.18. The number of rotatable bonds is 4. The topological polar surface area (TPSA) is 68.7 Å². The molecule has 0 aliphatic carbocycles. The molecule has 0 aliphatic heterocycles. The van der Waals surface area contributed by atoms with Crippen molar-refractivity contribution in [1.29, 1.82) is 0 Å². The third kappa shape index (κ3) is 2.40. The molecule has 20 heavy (non-hydrogen) atoms. The number of carboxylic acids is 1. The van der Waals surface area contributed by atoms with Crippen LogP contribution in [0.4, 0.5) is 0 Å². The minimum absolute atomic E-state index is 0.0629. The van der Waals surface area contributed by atoms with E-state index < -0.39 is 5.97 Å². The molecule has 1 aromatic carbocycles. The van der Waals surface area contributed by atoms with Crippen molar-refractivity contribution >= 4 is 17.6 Å². The lowest BCUT2D eigenvalue weighted by atomic mass is 10.0. The van der Waals surface area contributed by atoms with Gasteiger partial charge in [-0.25, -0.2) is 9.78 Å². The van der Waals surface area contributed by atoms with Gasteiger partial charge in [-0.1, -0.05) is 17.7 Å². The highest BCUT2D eigenvalue weighted by molar-refractivity contribution is 6.34. The van der Waals surface area contributed by atoms with E-state index in [9.17, 15) is 9.90 Å². The molecule has 1 heterocycles. The van der Waals surface area contributed by atoms with Crippen LogP contribution in [0.1, 0.15) is 10.5 Å². The Balaban J connectivity index is 2.71. The van der Waals surface area contributed by atoms with Gasteiger partial charge >= 0.3 is 5.97 Å². The Hall–Kier alpha value is -2.27. The Labute approximate surface area is 120 Å². The predicted molar refractivity (Wildman–Crippen MR) is 74.7 cm³/mol. The van der Waals surface area contributed by atoms with Crippen molar-refractivity contribution < 1.29 is 19.4 Å². The molecular weight excluding hydrogens is 282 g/mol. The number of halogens is 1. The number of pyridine rings is 1. The SMILES string of the molecule is COc1ccc(-c2cccnc2C(=O)O)c(OC)c1Cl. The zero-order valence-electron chi connectivity index (χ0n) is 10.9. The third-order valence-corrected chi connectivity index (χ3v) is 3.14. The van der Waals surface area contributed by atoms with Crippen LogP contribution in [-0.4, -0.2) is 30.3 Å². The minimum atomic E-state index is -1.12. The predicted octanol–water partition coefficient (Wildman–Crippen LogP) is 3.12. The van der Waals surface area contributed by atoms with Crippen molar-refractivity contribution in [3.05, 3.63) is 41.2 Å². The highest BCUT2D eigenvalue weighted by Crippen LogP contribution is 2.42. The maximum Gasteiger partial charge on any atom is 0.355 e. The molecule has 0 unspecified atom stereocenters. The maximum atomic E-state index is 11.2. The standard InChI is InChI=1S/C14H12ClNO4/c1-19-10-6-5-9(13(20-2)11(10)15)8-4-3-7-16-12(8)14(17)18/h3-7H,1-2H3,(H,17,18). The van der Waals surface area contributed by atoms with Crippen molar-refractivity contribution in [1.82, 2.24) is 4.98 Å². The smallest absolute Gasteiger partial charge is 0.355 e. The third-order valence-electron chi connectivity index (χ3n) is 2.79. The zero-order chi connectivity index (χ0) is 14.7. The molecule has 104 valence electrons. The van der Waals surface area contributed by atoms with Gasteiger partial charge in [-0.05, 0) is 18.2 Å². The fraction of sp³-hybridized carbons (Fsp3) is 0.143. The van der Waals surface area contributed by atoms with E-state index in [1.54, 1.807) is 24.3 Å². The number of aromatic carboxylic acids is 1. The molecule has 2 aromatic rings. The number of nitrogens with zero attached hydrogens (tertiary/aromatic N) is 1. The van der Waals surface area contributed by atoms with E-state index in [-0.39, 0.29) is 10.7 Å². The van der Waals surface area contributed by atoms with Crippen LogP contribution in [0.15, 0.2) is 30.5 Å². The van der Waals surface area contributed by atoms with E-state index in [0.29, 0.717) is 22.6 Å². The normalized spacial score (nSPS) is 10.2. The lowest BCUT2D eigenvalue weighted by Gasteiger charge is -2.14. The summed E-state index contributed by atoms with van der Waals surface area (Å²) < 4.78 is 10.4. The van der Waals surface area contributed by atoms with E-state index in [0.717, 1.165) is 0 Å². The molecule has 0 aliphatic rings. The quantitative estimate of drug-likeness (QED) is 0.938. The Morgan fingerprint density at radius 2 is 1.95 bits per heavy atom. The molecule has 0 atom stereocenters. The summed E-state index contributed by atoms with van der Waals surface area (Å²) in [5.74, 6) is -0.316. The summed E-state index contributed by atoms with van der Waals surface area (Å²) in [5, 5.41) is 9.48. The Morgan fingerprint density at radius 3 is 2.55 bits per heavy atom. The zero-order valence-corrected chi connectivity index (χ0v) is 11.6. The molecule has 5 nitrogen and oxygen atoms in total. The second-order valence-electron chi connectivity index (χ2n) is 3.87. The molecule has 1 aromatic heterocycles. The number of benzene rings is 1. The van der Waals surface area contributed by atoms with Crippen molar-refractivity contribution in [2.24, 2.45) is 0 Å². The first kappa shape index (κ1) is 14.1. The first-order valence-corrected chi connectivity index (χ1v) is 6.07. The number of hydrogen-bond donors (Lipinski definition) is 1. The molecule has 1 N–H and O–H groups in total. The highest BCUT2D eigenvalue weighted by Gasteiger charge is 2.19. The molecule has 6 heteroatoms. The van der Waals surface area contributed by atoms with Crippen LogP contribution in [0.3, 0.4) is 0 Å². The van der Waals surface area contributed by atoms with Gasteiger partial charge in [-0.15, -0.1) is 0 Å². The summed E-state index contributed by atoms with van der Waals surface area (Å²) in [6.07, 6.45) is 1.42. The summed E-state index contributed by atoms with van der Waals surface area (Å²) in [6, 6.07) is 6.64. The van der Waals surface area contributed by atoms with Crippen LogP contribution in [0.5, 0.6) is 11.5 Å². The van der Waals surface area contributed by atoms with Crippen molar-refractivity contribution in [2.45, 2.75) is 0 Å². The number of aromatic nitrogens is 1. The van der Waals surface area contributed by atoms with Crippen LogP contribution in [0.2, 0.25) is 5.02 Å². The Kier molecular flexibility index (Phi) is 4.10. The van der Waals surface area contributed by atoms with Crippen LogP contribution >= 0.6 is 11.6 Å². The van der Waals surface area contributed by atoms with Crippen LogP contribution in [0, 0.1) is 0 Å². The lowest BCUT2D eigenvalue weighted by Crippen LogP contribution is -2.03. The van der Waals surface area contributed by atoms with Crippen molar-refractivity contribution in [3.8, 4) is 22.6 Å². The molecule has 0 radical (unpaired) electrons. The summed E-state index contributed by atoms with van der Waals surface area (Å²) in [7, 11) is 2.95. The number of carbonyl (C=O) groups is 1. The number of hydrogen-bond acceptors (Lipinski definition) is 4. The average molecular weight is 294 g/mol. The van der Waals surface area contributed by atoms with Gasteiger partial charge in [0.25, 0.3) is 0 Å². The van der Waals surface area contributed by atoms with Crippen molar-refractivity contribution in [3.63, 3.8) is 0 Å². The molecular formula is C14H12ClNO4. The van der Waals surface area contributed by atoms with Gasteiger partial charge in [0.15, 0.2) is 5.69 Å². The largest absolute Gasteiger partial charge is 0.495 e. The minimum Gasteiger partial charge on any atom is -0.495 e. The average Bonchev–Trinajstić information content (AvgIpc) is 2.46. The molecule has 0 spiro atoms. The summed E-state index contributed by atoms with van der Waals surface area (Å²) in [4.78, 5) is 15.1. The van der Waals surface area contributed by atoms with Gasteiger partial charge in [0.2, 0.25) is 0 Å². The van der Waals surface area contributed by atoms with Crippen LogP contribution in [0.25, 0.3) is 11.1 Å². The molecule has 0 saturated carbocycles. The van der Waals surface area contributed by atoms with Gasteiger partial charge in [0, 0.05) is 17.3 Å². The fourth-order valence-corrected chi connectivity index (χ4v) is 2.22. The Bertz CT molecular complexity index is 658. The lowest BCUT2D eigenvalue weighted by molar-refractivity contribution is 0.0691. The molecule has 0 amide bonds. The molecule has 0 bridgehead atoms. The van der Waals surface area contributed by atoms with E-state index in [2.05, 4.69) is 4.98 Å². The van der Waals surface area contributed by atoms with E-state index in [1.165, 1.54) is 20.4 Å². The summed E-state index contributed by atoms with van der Waals surface area (Å²) in [6.45, 7) is 0. The number of carboxylic acid groups (broad SMARTS) is 1. The number of ether oxygens (including phenoxy) is 2. The van der Waals surface area contributed by atoms with Gasteiger partial charge in [-0.3, -0.25) is 0 Å². The van der Waals surface area contributed by atoms with Crippen LogP contribution < -0.4 is 9.47 Å². The molecule has 0 fully saturated rings. The second-order valence-corrected chi connectivity index (χ2v) is 4.25. The summed E-state index contributed by atoms with van der Waals surface area (Å²) in [5.41, 5.74) is 0.914. The Morgan fingerprint density at radius 1 is 1.20 bits per heavy atom. The van der Waals surface area contributed by atoms with Crippen LogP contribution in [-0.2, 0) is 0 Å². The molecule has 0 saturated heterocycles. The second kappa shape index (κ2) is 5.79. The van der Waals surface area contributed by atoms with Crippen molar-refractivity contribution in [2.75, 3.05) is 14.2 Å². The monoisotopic (exact) mass is 293 g/mol. The maximum absolute atomic E-state index is 11.2. The molecule has 2 rings (SSSR count). The first-order chi connectivity index (χ1) is 9.60. The van der Waals surface area contributed by atoms with Gasteiger partial charge < -0.3 is 14.6 Å². The van der Waals surface area contributed by atoms with Gasteiger partial charge in [0.05, 0.1) is 14.2 Å². The van der Waals surface area contributed by atoms with Gasteiger partial charge in [-0.2, -0.15) is 0 Å². The van der Waals surface area contributed by atoms with E-state index >= 15 is 0 Å². The fourth-order valence-electron chi connectivity index (χ4n) is 1.90.